The average molecular weight is 546 g/mol. The van der Waals surface area contributed by atoms with Crippen LogP contribution in [0.1, 0.15) is 16.7 Å². The van der Waals surface area contributed by atoms with Gasteiger partial charge in [0.15, 0.2) is 0 Å². The summed E-state index contributed by atoms with van der Waals surface area (Å²) < 4.78 is 31.4. The van der Waals surface area contributed by atoms with E-state index in [0.717, 1.165) is 11.1 Å². The Morgan fingerprint density at radius 2 is 1.79 bits per heavy atom. The first-order valence-corrected chi connectivity index (χ1v) is 12.2. The largest absolute Gasteiger partial charge is 0.378 e. The predicted molar refractivity (Wildman–Crippen MR) is 132 cm³/mol. The van der Waals surface area contributed by atoms with Crippen molar-refractivity contribution >= 4 is 55.3 Å². The highest BCUT2D eigenvalue weighted by Gasteiger charge is 2.19. The fourth-order valence-electron chi connectivity index (χ4n) is 2.75. The van der Waals surface area contributed by atoms with E-state index in [1.807, 2.05) is 19.9 Å². The van der Waals surface area contributed by atoms with Crippen LogP contribution in [0.2, 0.25) is 5.02 Å². The lowest BCUT2D eigenvalue weighted by atomic mass is 10.1. The van der Waals surface area contributed by atoms with Gasteiger partial charge in [0.25, 0.3) is 5.91 Å². The minimum atomic E-state index is -4.13. The molecule has 0 saturated heterocycles. The number of carbonyl (C=O) groups excluding carboxylic acids is 1. The molecule has 0 unspecified atom stereocenters. The van der Waals surface area contributed by atoms with Crippen molar-refractivity contribution in [2.24, 2.45) is 0 Å². The zero-order valence-electron chi connectivity index (χ0n) is 17.6. The number of aryl methyl sites for hydroxylation is 2. The van der Waals surface area contributed by atoms with Gasteiger partial charge in [0.1, 0.15) is 22.3 Å². The number of benzene rings is 3. The molecule has 3 rings (SSSR count). The minimum absolute atomic E-state index is 0.0135. The van der Waals surface area contributed by atoms with E-state index in [1.54, 1.807) is 42.5 Å². The summed E-state index contributed by atoms with van der Waals surface area (Å²) >= 11 is 9.40. The molecule has 168 valence electrons. The predicted octanol–water partition coefficient (Wildman–Crippen LogP) is 6.03. The van der Waals surface area contributed by atoms with E-state index < -0.39 is 16.0 Å². The summed E-state index contributed by atoms with van der Waals surface area (Å²) in [6.45, 7) is 3.67. The zero-order chi connectivity index (χ0) is 24.2. The van der Waals surface area contributed by atoms with Crippen LogP contribution in [-0.4, -0.2) is 14.3 Å². The SMILES string of the molecule is Cc1ccc(S(=O)(=O)Oc2ccc(Br)cc2/C=C(\C#N)C(=O)Nc2ccc(C)c(Cl)c2)cc1. The van der Waals surface area contributed by atoms with Crippen LogP contribution in [0.15, 0.2) is 75.6 Å². The molecule has 0 aliphatic heterocycles. The van der Waals surface area contributed by atoms with Crippen LogP contribution in [0.4, 0.5) is 5.69 Å². The van der Waals surface area contributed by atoms with E-state index in [-0.39, 0.29) is 21.8 Å². The van der Waals surface area contributed by atoms with Crippen LogP contribution in [0.5, 0.6) is 5.75 Å². The standard InChI is InChI=1S/C24H18BrClN2O4S/c1-15-3-8-21(9-4-15)33(30,31)32-23-10-6-19(25)12-17(23)11-18(14-27)24(29)28-20-7-5-16(2)22(26)13-20/h3-13H,1-2H3,(H,28,29)/b18-11+. The quantitative estimate of drug-likeness (QED) is 0.232. The number of carbonyl (C=O) groups is 1. The molecule has 0 aliphatic carbocycles. The van der Waals surface area contributed by atoms with Gasteiger partial charge in [-0.25, -0.2) is 0 Å². The summed E-state index contributed by atoms with van der Waals surface area (Å²) in [5.74, 6) is -0.706. The monoisotopic (exact) mass is 544 g/mol. The van der Waals surface area contributed by atoms with Gasteiger partial charge in [0.2, 0.25) is 0 Å². The molecule has 0 spiro atoms. The summed E-state index contributed by atoms with van der Waals surface area (Å²) in [7, 11) is -4.13. The van der Waals surface area contributed by atoms with Crippen LogP contribution < -0.4 is 9.50 Å². The van der Waals surface area contributed by atoms with Crippen molar-refractivity contribution in [1.29, 1.82) is 5.26 Å². The first-order chi connectivity index (χ1) is 15.6. The van der Waals surface area contributed by atoms with Gasteiger partial charge < -0.3 is 9.50 Å². The van der Waals surface area contributed by atoms with Crippen molar-refractivity contribution in [3.8, 4) is 11.8 Å². The second-order valence-electron chi connectivity index (χ2n) is 7.12. The molecule has 0 aliphatic rings. The molecule has 3 aromatic rings. The van der Waals surface area contributed by atoms with E-state index in [0.29, 0.717) is 15.2 Å². The number of nitrogens with one attached hydrogen (secondary N) is 1. The Morgan fingerprint density at radius 1 is 1.09 bits per heavy atom. The van der Waals surface area contributed by atoms with Gasteiger partial charge in [-0.3, -0.25) is 4.79 Å². The second-order valence-corrected chi connectivity index (χ2v) is 9.99. The van der Waals surface area contributed by atoms with Gasteiger partial charge in [0.05, 0.1) is 0 Å². The van der Waals surface area contributed by atoms with Crippen molar-refractivity contribution in [1.82, 2.24) is 0 Å². The first kappa shape index (κ1) is 24.5. The average Bonchev–Trinajstić information content (AvgIpc) is 2.76. The third-order valence-corrected chi connectivity index (χ3v) is 6.72. The van der Waals surface area contributed by atoms with E-state index in [2.05, 4.69) is 21.2 Å². The molecule has 0 atom stereocenters. The van der Waals surface area contributed by atoms with Crippen LogP contribution in [0, 0.1) is 25.2 Å². The maximum Gasteiger partial charge on any atom is 0.339 e. The van der Waals surface area contributed by atoms with Gasteiger partial charge in [0, 0.05) is 20.7 Å². The molecule has 33 heavy (non-hydrogen) atoms. The third-order valence-electron chi connectivity index (χ3n) is 4.58. The Morgan fingerprint density at radius 3 is 2.42 bits per heavy atom. The Hall–Kier alpha value is -3.12. The number of nitrogens with zero attached hydrogens (tertiary/aromatic N) is 1. The molecule has 6 nitrogen and oxygen atoms in total. The van der Waals surface area contributed by atoms with Gasteiger partial charge in [-0.05, 0) is 68.0 Å². The number of halogens is 2. The minimum Gasteiger partial charge on any atom is -0.378 e. The lowest BCUT2D eigenvalue weighted by Crippen LogP contribution is -2.14. The van der Waals surface area contributed by atoms with Crippen LogP contribution in [-0.2, 0) is 14.9 Å². The molecule has 0 bridgehead atoms. The molecule has 9 heteroatoms. The summed E-state index contributed by atoms with van der Waals surface area (Å²) in [5, 5.41) is 12.6. The number of amides is 1. The lowest BCUT2D eigenvalue weighted by Gasteiger charge is -2.11. The van der Waals surface area contributed by atoms with Crippen LogP contribution >= 0.6 is 27.5 Å². The normalized spacial score (nSPS) is 11.5. The molecule has 1 N–H and O–H groups in total. The number of hydrogen-bond donors (Lipinski definition) is 1. The highest BCUT2D eigenvalue weighted by Crippen LogP contribution is 2.29. The van der Waals surface area contributed by atoms with Crippen molar-refractivity contribution in [3.05, 3.63) is 92.4 Å². The van der Waals surface area contributed by atoms with E-state index >= 15 is 0 Å². The molecular weight excluding hydrogens is 528 g/mol. The van der Waals surface area contributed by atoms with Crippen LogP contribution in [0.3, 0.4) is 0 Å². The van der Waals surface area contributed by atoms with Gasteiger partial charge in [-0.1, -0.05) is 51.3 Å². The van der Waals surface area contributed by atoms with E-state index in [4.69, 9.17) is 15.8 Å². The van der Waals surface area contributed by atoms with Crippen molar-refractivity contribution < 1.29 is 17.4 Å². The fourth-order valence-corrected chi connectivity index (χ4v) is 4.27. The highest BCUT2D eigenvalue weighted by molar-refractivity contribution is 9.10. The van der Waals surface area contributed by atoms with E-state index in [9.17, 15) is 18.5 Å². The molecule has 0 aromatic heterocycles. The van der Waals surface area contributed by atoms with Gasteiger partial charge >= 0.3 is 10.1 Å². The Balaban J connectivity index is 1.93. The molecule has 0 heterocycles. The van der Waals surface area contributed by atoms with Gasteiger partial charge in [-0.2, -0.15) is 13.7 Å². The number of nitriles is 1. The Labute approximate surface area is 205 Å². The summed E-state index contributed by atoms with van der Waals surface area (Å²) in [6, 6.07) is 17.6. The number of rotatable bonds is 6. The maximum absolute atomic E-state index is 12.7. The molecular formula is C24H18BrClN2O4S. The molecule has 3 aromatic carbocycles. The topological polar surface area (TPSA) is 96.3 Å². The summed E-state index contributed by atoms with van der Waals surface area (Å²) in [5.41, 5.74) is 2.15. The number of anilines is 1. The molecule has 0 fully saturated rings. The third kappa shape index (κ3) is 6.23. The second kappa shape index (κ2) is 10.2. The fraction of sp³-hybridized carbons (Fsp3) is 0.0833. The molecule has 1 amide bonds. The Kier molecular flexibility index (Phi) is 7.59. The summed E-state index contributed by atoms with van der Waals surface area (Å²) in [4.78, 5) is 12.6. The first-order valence-electron chi connectivity index (χ1n) is 9.59. The lowest BCUT2D eigenvalue weighted by molar-refractivity contribution is -0.112. The summed E-state index contributed by atoms with van der Waals surface area (Å²) in [6.07, 6.45) is 1.26. The van der Waals surface area contributed by atoms with E-state index in [1.165, 1.54) is 24.3 Å². The number of hydrogen-bond acceptors (Lipinski definition) is 5. The molecule has 0 radical (unpaired) electrons. The van der Waals surface area contributed by atoms with Gasteiger partial charge in [-0.15, -0.1) is 0 Å². The van der Waals surface area contributed by atoms with Crippen molar-refractivity contribution in [2.45, 2.75) is 18.7 Å². The maximum atomic E-state index is 12.7. The zero-order valence-corrected chi connectivity index (χ0v) is 20.8. The van der Waals surface area contributed by atoms with Crippen molar-refractivity contribution in [3.63, 3.8) is 0 Å². The highest BCUT2D eigenvalue weighted by atomic mass is 79.9. The molecule has 0 saturated carbocycles. The smallest absolute Gasteiger partial charge is 0.339 e. The van der Waals surface area contributed by atoms with Crippen LogP contribution in [0.25, 0.3) is 6.08 Å². The Bertz CT molecular complexity index is 1390. The van der Waals surface area contributed by atoms with Crippen molar-refractivity contribution in [2.75, 3.05) is 5.32 Å².